The number of halogens is 1. The summed E-state index contributed by atoms with van der Waals surface area (Å²) in [5.41, 5.74) is 1.81. The van der Waals surface area contributed by atoms with Gasteiger partial charge in [-0.1, -0.05) is 6.42 Å². The Kier molecular flexibility index (Phi) is 6.38. The van der Waals surface area contributed by atoms with Crippen molar-refractivity contribution in [1.82, 2.24) is 9.80 Å². The van der Waals surface area contributed by atoms with Gasteiger partial charge in [-0.05, 0) is 94.1 Å². The van der Waals surface area contributed by atoms with Gasteiger partial charge < -0.3 is 24.2 Å². The number of nitrogens with zero attached hydrogens (tertiary/aromatic N) is 3. The first-order chi connectivity index (χ1) is 18.5. The van der Waals surface area contributed by atoms with E-state index in [2.05, 4.69) is 4.90 Å². The van der Waals surface area contributed by atoms with E-state index in [4.69, 9.17) is 9.47 Å². The molecule has 1 aromatic carbocycles. The number of anilines is 1. The summed E-state index contributed by atoms with van der Waals surface area (Å²) in [5.74, 6) is 0.524. The number of benzene rings is 1. The van der Waals surface area contributed by atoms with E-state index in [1.807, 2.05) is 15.9 Å². The zero-order chi connectivity index (χ0) is 25.9. The number of rotatable bonds is 4. The Labute approximate surface area is 224 Å². The van der Waals surface area contributed by atoms with Gasteiger partial charge in [0.05, 0.1) is 13.2 Å². The standard InChI is InChI=1S/C30H40FN3O4/c31-21-4-7-27-26(15-21)30(19-33(27)28(35)14-20-2-1-3-20)9-11-32(12-10-30)24-16-22-5-6-23(17-24)34(22)29(36)38-25-8-13-37-18-25/h4,7,15,20,22-25H,1-3,5-6,8-14,16-19H2/t22?,23?,24?,25-/m0/s1. The number of fused-ring (bicyclic) bond motifs is 4. The maximum atomic E-state index is 14.4. The van der Waals surface area contributed by atoms with Gasteiger partial charge in [0.2, 0.25) is 5.91 Å². The summed E-state index contributed by atoms with van der Waals surface area (Å²) < 4.78 is 25.6. The fourth-order valence-corrected chi connectivity index (χ4v) is 8.22. The Balaban J connectivity index is 1.01. The van der Waals surface area contributed by atoms with Crippen molar-refractivity contribution in [2.75, 3.05) is 37.7 Å². The van der Waals surface area contributed by atoms with Gasteiger partial charge in [-0.15, -0.1) is 0 Å². The van der Waals surface area contributed by atoms with Crippen LogP contribution in [0.1, 0.15) is 76.2 Å². The Morgan fingerprint density at radius 2 is 1.79 bits per heavy atom. The van der Waals surface area contributed by atoms with Crippen molar-refractivity contribution in [3.8, 4) is 0 Å². The molecule has 1 spiro atoms. The number of likely N-dealkylation sites (tertiary alicyclic amines) is 1. The molecule has 7 nitrogen and oxygen atoms in total. The maximum Gasteiger partial charge on any atom is 0.410 e. The number of hydrogen-bond acceptors (Lipinski definition) is 5. The molecule has 5 aliphatic heterocycles. The lowest BCUT2D eigenvalue weighted by atomic mass is 9.73. The van der Waals surface area contributed by atoms with Crippen LogP contribution in [0.25, 0.3) is 0 Å². The van der Waals surface area contributed by atoms with Gasteiger partial charge in [-0.3, -0.25) is 4.79 Å². The number of amides is 2. The highest BCUT2D eigenvalue weighted by atomic mass is 19.1. The molecule has 1 saturated carbocycles. The third-order valence-corrected chi connectivity index (χ3v) is 10.6. The first-order valence-corrected chi connectivity index (χ1v) is 14.9. The van der Waals surface area contributed by atoms with Crippen LogP contribution >= 0.6 is 0 Å². The minimum Gasteiger partial charge on any atom is -0.444 e. The van der Waals surface area contributed by atoms with Gasteiger partial charge in [0, 0.05) is 48.6 Å². The summed E-state index contributed by atoms with van der Waals surface area (Å²) in [6.45, 7) is 3.78. The number of hydrogen-bond donors (Lipinski definition) is 0. The minimum absolute atomic E-state index is 0.0998. The molecule has 2 unspecified atom stereocenters. The highest BCUT2D eigenvalue weighted by Gasteiger charge is 2.50. The molecule has 0 radical (unpaired) electrons. The second kappa shape index (κ2) is 9.77. The topological polar surface area (TPSA) is 62.3 Å². The van der Waals surface area contributed by atoms with Crippen molar-refractivity contribution in [3.63, 3.8) is 0 Å². The van der Waals surface area contributed by atoms with E-state index in [0.29, 0.717) is 38.1 Å². The molecule has 3 atom stereocenters. The van der Waals surface area contributed by atoms with Crippen LogP contribution in [0.5, 0.6) is 0 Å². The first-order valence-electron chi connectivity index (χ1n) is 14.9. The van der Waals surface area contributed by atoms with E-state index in [1.165, 1.54) is 12.5 Å². The van der Waals surface area contributed by atoms with Crippen LogP contribution in [-0.2, 0) is 19.7 Å². The van der Waals surface area contributed by atoms with Crippen LogP contribution in [0.15, 0.2) is 18.2 Å². The van der Waals surface area contributed by atoms with Gasteiger partial charge in [-0.25, -0.2) is 9.18 Å². The van der Waals surface area contributed by atoms with E-state index >= 15 is 0 Å². The number of piperidine rings is 2. The number of carbonyl (C=O) groups excluding carboxylic acids is 2. The van der Waals surface area contributed by atoms with Crippen molar-refractivity contribution < 1.29 is 23.5 Å². The van der Waals surface area contributed by atoms with Gasteiger partial charge in [0.25, 0.3) is 0 Å². The highest BCUT2D eigenvalue weighted by Crippen LogP contribution is 2.49. The van der Waals surface area contributed by atoms with Crippen LogP contribution in [0.4, 0.5) is 14.9 Å². The Hall–Kier alpha value is -2.19. The molecule has 5 heterocycles. The average molecular weight is 526 g/mol. The second-order valence-electron chi connectivity index (χ2n) is 12.7. The predicted molar refractivity (Wildman–Crippen MR) is 141 cm³/mol. The maximum absolute atomic E-state index is 14.4. The molecule has 6 aliphatic rings. The summed E-state index contributed by atoms with van der Waals surface area (Å²) >= 11 is 0. The lowest BCUT2D eigenvalue weighted by Crippen LogP contribution is -2.56. The fourth-order valence-electron chi connectivity index (χ4n) is 8.22. The van der Waals surface area contributed by atoms with Gasteiger partial charge in [0.1, 0.15) is 11.9 Å². The molecule has 0 aromatic heterocycles. The molecule has 7 rings (SSSR count). The van der Waals surface area contributed by atoms with Crippen LogP contribution in [0.2, 0.25) is 0 Å². The molecule has 2 bridgehead atoms. The fraction of sp³-hybridized carbons (Fsp3) is 0.733. The van der Waals surface area contributed by atoms with Crippen molar-refractivity contribution >= 4 is 17.7 Å². The molecule has 8 heteroatoms. The summed E-state index contributed by atoms with van der Waals surface area (Å²) in [7, 11) is 0. The van der Waals surface area contributed by atoms with Gasteiger partial charge in [0.15, 0.2) is 0 Å². The van der Waals surface area contributed by atoms with Crippen molar-refractivity contribution in [3.05, 3.63) is 29.6 Å². The number of ether oxygens (including phenoxy) is 2. The smallest absolute Gasteiger partial charge is 0.410 e. The van der Waals surface area contributed by atoms with Crippen LogP contribution in [-0.4, -0.2) is 78.9 Å². The quantitative estimate of drug-likeness (QED) is 0.574. The van der Waals surface area contributed by atoms with Gasteiger partial charge in [-0.2, -0.15) is 0 Å². The van der Waals surface area contributed by atoms with E-state index in [-0.39, 0.29) is 41.4 Å². The monoisotopic (exact) mass is 525 g/mol. The molecule has 5 fully saturated rings. The molecular weight excluding hydrogens is 485 g/mol. The Morgan fingerprint density at radius 1 is 1.03 bits per heavy atom. The van der Waals surface area contributed by atoms with Gasteiger partial charge >= 0.3 is 6.09 Å². The summed E-state index contributed by atoms with van der Waals surface area (Å²) in [6.07, 6.45) is 10.7. The van der Waals surface area contributed by atoms with E-state index in [0.717, 1.165) is 82.1 Å². The highest BCUT2D eigenvalue weighted by molar-refractivity contribution is 5.96. The molecule has 38 heavy (non-hydrogen) atoms. The summed E-state index contributed by atoms with van der Waals surface area (Å²) in [6, 6.07) is 6.00. The second-order valence-corrected chi connectivity index (χ2v) is 12.7. The largest absolute Gasteiger partial charge is 0.444 e. The third-order valence-electron chi connectivity index (χ3n) is 10.6. The third kappa shape index (κ3) is 4.32. The molecule has 2 amide bonds. The summed E-state index contributed by atoms with van der Waals surface area (Å²) in [5, 5.41) is 0. The van der Waals surface area contributed by atoms with E-state index < -0.39 is 0 Å². The van der Waals surface area contributed by atoms with Crippen molar-refractivity contribution in [2.45, 2.75) is 100 Å². The lowest BCUT2D eigenvalue weighted by Gasteiger charge is -2.47. The van der Waals surface area contributed by atoms with Crippen molar-refractivity contribution in [1.29, 1.82) is 0 Å². The molecule has 1 aliphatic carbocycles. The van der Waals surface area contributed by atoms with Crippen LogP contribution in [0.3, 0.4) is 0 Å². The Morgan fingerprint density at radius 3 is 2.45 bits per heavy atom. The molecule has 1 aromatic rings. The zero-order valence-electron chi connectivity index (χ0n) is 22.3. The zero-order valence-corrected chi connectivity index (χ0v) is 22.3. The van der Waals surface area contributed by atoms with E-state index in [1.54, 1.807) is 6.07 Å². The Bertz CT molecular complexity index is 1070. The first kappa shape index (κ1) is 24.8. The molecule has 4 saturated heterocycles. The SMILES string of the molecule is O=C(CC1CCC1)N1CC2(CCN(C3CC4CCC(C3)N4C(=O)O[C@H]3CCOC3)CC2)c2cc(F)ccc21. The summed E-state index contributed by atoms with van der Waals surface area (Å²) in [4.78, 5) is 32.9. The minimum atomic E-state index is -0.209. The van der Waals surface area contributed by atoms with Crippen LogP contribution in [0, 0.1) is 11.7 Å². The number of carbonyl (C=O) groups is 2. The van der Waals surface area contributed by atoms with E-state index in [9.17, 15) is 14.0 Å². The normalized spacial score (nSPS) is 32.4. The van der Waals surface area contributed by atoms with Crippen LogP contribution < -0.4 is 4.90 Å². The molecule has 206 valence electrons. The average Bonchev–Trinajstić information content (AvgIpc) is 3.58. The lowest BCUT2D eigenvalue weighted by molar-refractivity contribution is -0.120. The molecule has 0 N–H and O–H groups in total. The predicted octanol–water partition coefficient (Wildman–Crippen LogP) is 4.62. The van der Waals surface area contributed by atoms with Crippen molar-refractivity contribution in [2.24, 2.45) is 5.92 Å². The molecular formula is C30H40FN3O4.